The minimum atomic E-state index is -4.31. The lowest BCUT2D eigenvalue weighted by Gasteiger charge is -2.23. The first-order valence-corrected chi connectivity index (χ1v) is 7.40. The van der Waals surface area contributed by atoms with Gasteiger partial charge in [-0.1, -0.05) is 18.9 Å². The Labute approximate surface area is 118 Å². The van der Waals surface area contributed by atoms with Crippen LogP contribution in [0.3, 0.4) is 0 Å². The molecule has 0 spiro atoms. The van der Waals surface area contributed by atoms with Crippen LogP contribution in [-0.2, 0) is 4.74 Å². The van der Waals surface area contributed by atoms with Crippen molar-refractivity contribution >= 4 is 0 Å². The van der Waals surface area contributed by atoms with E-state index in [0.717, 1.165) is 13.1 Å². The summed E-state index contributed by atoms with van der Waals surface area (Å²) in [6, 6.07) is 0. The summed E-state index contributed by atoms with van der Waals surface area (Å²) in [7, 11) is 0. The lowest BCUT2D eigenvalue weighted by atomic mass is 10.0. The second-order valence-corrected chi connectivity index (χ2v) is 5.37. The molecule has 1 saturated heterocycles. The third kappa shape index (κ3) is 4.54. The molecule has 0 amide bonds. The average molecular weight is 289 g/mol. The van der Waals surface area contributed by atoms with E-state index in [1.54, 1.807) is 6.08 Å². The Kier molecular flexibility index (Phi) is 5.52. The zero-order valence-electron chi connectivity index (χ0n) is 11.7. The van der Waals surface area contributed by atoms with Crippen LogP contribution in [0.2, 0.25) is 0 Å². The molecule has 2 aliphatic rings. The van der Waals surface area contributed by atoms with Gasteiger partial charge in [0.2, 0.25) is 0 Å². The maximum atomic E-state index is 12.8. The fraction of sp³-hybridized carbons (Fsp3) is 0.733. The van der Waals surface area contributed by atoms with Crippen molar-refractivity contribution in [1.82, 2.24) is 4.90 Å². The summed E-state index contributed by atoms with van der Waals surface area (Å²) in [5.74, 6) is 0.0126. The molecule has 114 valence electrons. The molecule has 0 atom stereocenters. The first-order valence-electron chi connectivity index (χ1n) is 7.40. The van der Waals surface area contributed by atoms with E-state index in [0.29, 0.717) is 26.0 Å². The molecule has 1 heterocycles. The molecule has 0 unspecified atom stereocenters. The predicted molar refractivity (Wildman–Crippen MR) is 72.3 cm³/mol. The lowest BCUT2D eigenvalue weighted by molar-refractivity contribution is -0.0946. The molecule has 0 saturated carbocycles. The fourth-order valence-electron chi connectivity index (χ4n) is 2.69. The van der Waals surface area contributed by atoms with Crippen LogP contribution in [0.4, 0.5) is 13.2 Å². The largest absolute Gasteiger partial charge is 0.492 e. The van der Waals surface area contributed by atoms with Crippen molar-refractivity contribution in [3.8, 4) is 0 Å². The van der Waals surface area contributed by atoms with Gasteiger partial charge in [0.05, 0.1) is 5.57 Å². The summed E-state index contributed by atoms with van der Waals surface area (Å²) in [6.45, 7) is 3.11. The minimum Gasteiger partial charge on any atom is -0.492 e. The van der Waals surface area contributed by atoms with E-state index in [9.17, 15) is 13.2 Å². The third-order valence-corrected chi connectivity index (χ3v) is 3.78. The van der Waals surface area contributed by atoms with Crippen molar-refractivity contribution < 1.29 is 17.9 Å². The number of nitrogens with zero attached hydrogens (tertiary/aromatic N) is 1. The van der Waals surface area contributed by atoms with Gasteiger partial charge in [-0.15, -0.1) is 0 Å². The van der Waals surface area contributed by atoms with Gasteiger partial charge in [-0.2, -0.15) is 13.2 Å². The second-order valence-electron chi connectivity index (χ2n) is 5.37. The standard InChI is InChI=1S/C15H22F3NO/c16-15(17,18)13-7-3-4-8-14(13)20-12-11-19-9-5-1-2-6-10-19/h7-8H,1-6,9-12H2. The van der Waals surface area contributed by atoms with Gasteiger partial charge in [0.15, 0.2) is 0 Å². The van der Waals surface area contributed by atoms with Crippen LogP contribution in [-0.4, -0.2) is 37.3 Å². The maximum absolute atomic E-state index is 12.8. The van der Waals surface area contributed by atoms with E-state index < -0.39 is 11.7 Å². The van der Waals surface area contributed by atoms with Crippen LogP contribution >= 0.6 is 0 Å². The highest BCUT2D eigenvalue weighted by atomic mass is 19.4. The zero-order chi connectivity index (χ0) is 14.4. The maximum Gasteiger partial charge on any atom is 0.419 e. The first kappa shape index (κ1) is 15.4. The van der Waals surface area contributed by atoms with Gasteiger partial charge in [-0.3, -0.25) is 4.90 Å². The van der Waals surface area contributed by atoms with E-state index in [1.165, 1.54) is 31.8 Å². The van der Waals surface area contributed by atoms with Crippen LogP contribution in [0, 0.1) is 0 Å². The molecule has 20 heavy (non-hydrogen) atoms. The van der Waals surface area contributed by atoms with Crippen LogP contribution in [0.15, 0.2) is 23.5 Å². The third-order valence-electron chi connectivity index (χ3n) is 3.78. The Bertz CT molecular complexity index is 366. The predicted octanol–water partition coefficient (Wildman–Crippen LogP) is 4.05. The van der Waals surface area contributed by atoms with Crippen LogP contribution in [0.5, 0.6) is 0 Å². The van der Waals surface area contributed by atoms with Crippen molar-refractivity contribution in [2.24, 2.45) is 0 Å². The Balaban J connectivity index is 1.80. The van der Waals surface area contributed by atoms with Gasteiger partial charge in [0.25, 0.3) is 0 Å². The number of hydrogen-bond acceptors (Lipinski definition) is 2. The molecule has 1 aliphatic heterocycles. The smallest absolute Gasteiger partial charge is 0.419 e. The SMILES string of the molecule is FC(F)(F)C1=CCCC=C1OCCN1CCCCCC1. The molecule has 0 bridgehead atoms. The summed E-state index contributed by atoms with van der Waals surface area (Å²) in [4.78, 5) is 2.29. The molecule has 1 aliphatic carbocycles. The molecule has 2 nitrogen and oxygen atoms in total. The second kappa shape index (κ2) is 7.16. The Morgan fingerprint density at radius 3 is 2.30 bits per heavy atom. The molecule has 5 heteroatoms. The number of hydrogen-bond donors (Lipinski definition) is 0. The van der Waals surface area contributed by atoms with Gasteiger partial charge < -0.3 is 4.74 Å². The number of likely N-dealkylation sites (tertiary alicyclic amines) is 1. The van der Waals surface area contributed by atoms with Crippen molar-refractivity contribution in [3.05, 3.63) is 23.5 Å². The highest BCUT2D eigenvalue weighted by Crippen LogP contribution is 2.34. The highest BCUT2D eigenvalue weighted by molar-refractivity contribution is 5.32. The number of rotatable bonds is 4. The van der Waals surface area contributed by atoms with Gasteiger partial charge >= 0.3 is 6.18 Å². The van der Waals surface area contributed by atoms with Crippen LogP contribution in [0.25, 0.3) is 0 Å². The summed E-state index contributed by atoms with van der Waals surface area (Å²) in [5, 5.41) is 0. The zero-order valence-corrected chi connectivity index (χ0v) is 11.7. The molecule has 0 aromatic heterocycles. The average Bonchev–Trinajstić information content (AvgIpc) is 2.67. The normalized spacial score (nSPS) is 21.9. The number of ether oxygens (including phenoxy) is 1. The van der Waals surface area contributed by atoms with E-state index in [4.69, 9.17) is 4.74 Å². The van der Waals surface area contributed by atoms with E-state index in [1.807, 2.05) is 0 Å². The van der Waals surface area contributed by atoms with Crippen molar-refractivity contribution in [2.75, 3.05) is 26.2 Å². The highest BCUT2D eigenvalue weighted by Gasteiger charge is 2.37. The summed E-state index contributed by atoms with van der Waals surface area (Å²) < 4.78 is 43.9. The van der Waals surface area contributed by atoms with E-state index in [-0.39, 0.29) is 5.76 Å². The van der Waals surface area contributed by atoms with Crippen molar-refractivity contribution in [3.63, 3.8) is 0 Å². The van der Waals surface area contributed by atoms with Gasteiger partial charge in [0.1, 0.15) is 12.4 Å². The van der Waals surface area contributed by atoms with Gasteiger partial charge in [-0.05, 0) is 44.8 Å². The van der Waals surface area contributed by atoms with Crippen molar-refractivity contribution in [2.45, 2.75) is 44.7 Å². The molecule has 0 radical (unpaired) electrons. The molecule has 1 fully saturated rings. The Morgan fingerprint density at radius 2 is 1.65 bits per heavy atom. The van der Waals surface area contributed by atoms with E-state index in [2.05, 4.69) is 4.90 Å². The van der Waals surface area contributed by atoms with Gasteiger partial charge in [0, 0.05) is 6.54 Å². The monoisotopic (exact) mass is 289 g/mol. The van der Waals surface area contributed by atoms with Gasteiger partial charge in [-0.25, -0.2) is 0 Å². The Morgan fingerprint density at radius 1 is 1.00 bits per heavy atom. The Hall–Kier alpha value is -0.970. The van der Waals surface area contributed by atoms with Crippen LogP contribution < -0.4 is 0 Å². The summed E-state index contributed by atoms with van der Waals surface area (Å²) in [6.07, 6.45) is 4.41. The lowest BCUT2D eigenvalue weighted by Crippen LogP contribution is -2.29. The molecular formula is C15H22F3NO. The van der Waals surface area contributed by atoms with Crippen LogP contribution in [0.1, 0.15) is 38.5 Å². The molecular weight excluding hydrogens is 267 g/mol. The minimum absolute atomic E-state index is 0.0126. The first-order chi connectivity index (χ1) is 9.57. The summed E-state index contributed by atoms with van der Waals surface area (Å²) >= 11 is 0. The molecule has 0 aromatic carbocycles. The molecule has 2 rings (SSSR count). The topological polar surface area (TPSA) is 12.5 Å². The fourth-order valence-corrected chi connectivity index (χ4v) is 2.69. The number of allylic oxidation sites excluding steroid dienone is 3. The van der Waals surface area contributed by atoms with E-state index >= 15 is 0 Å². The van der Waals surface area contributed by atoms with Crippen molar-refractivity contribution in [1.29, 1.82) is 0 Å². The summed E-state index contributed by atoms with van der Waals surface area (Å²) in [5.41, 5.74) is -0.611. The molecule has 0 aromatic rings. The molecule has 0 N–H and O–H groups in total. The number of halogens is 3. The number of alkyl halides is 3. The quantitative estimate of drug-likeness (QED) is 0.774.